The average Bonchev–Trinajstić information content (AvgIpc) is 2.01. The molecule has 0 saturated carbocycles. The normalized spacial score (nSPS) is 9.00. The average molecular weight is 213 g/mol. The molecule has 0 aliphatic carbocycles. The molecule has 1 aromatic rings. The van der Waals surface area contributed by atoms with E-state index < -0.39 is 11.8 Å². The molecule has 0 radical (unpaired) electrons. The van der Waals surface area contributed by atoms with Gasteiger partial charge in [-0.25, -0.2) is 4.39 Å². The van der Waals surface area contributed by atoms with Crippen molar-refractivity contribution in [2.24, 2.45) is 0 Å². The highest BCUT2D eigenvalue weighted by Crippen LogP contribution is 2.12. The molecule has 0 fully saturated rings. The minimum absolute atomic E-state index is 0.240. The minimum atomic E-state index is -1.01. The molecular formula is C10H6ClFO2. The lowest BCUT2D eigenvalue weighted by molar-refractivity contribution is -0.135. The third-order valence-electron chi connectivity index (χ3n) is 1.33. The molecule has 4 heteroatoms. The lowest BCUT2D eigenvalue weighted by Crippen LogP contribution is -1.90. The number of carbonyl (C=O) groups is 1. The first kappa shape index (κ1) is 10.6. The van der Waals surface area contributed by atoms with Crippen molar-refractivity contribution in [2.45, 2.75) is 6.42 Å². The second kappa shape index (κ2) is 4.64. The van der Waals surface area contributed by atoms with Crippen molar-refractivity contribution in [1.82, 2.24) is 0 Å². The van der Waals surface area contributed by atoms with Gasteiger partial charge in [-0.2, -0.15) is 0 Å². The summed E-state index contributed by atoms with van der Waals surface area (Å²) in [5.74, 6) is 3.38. The van der Waals surface area contributed by atoms with Crippen LogP contribution in [0.5, 0.6) is 0 Å². The molecule has 0 unspecified atom stereocenters. The van der Waals surface area contributed by atoms with Crippen LogP contribution in [0.1, 0.15) is 12.0 Å². The molecule has 0 amide bonds. The molecule has 1 N–H and O–H groups in total. The Bertz CT molecular complexity index is 398. The van der Waals surface area contributed by atoms with E-state index in [9.17, 15) is 9.18 Å². The molecule has 14 heavy (non-hydrogen) atoms. The van der Waals surface area contributed by atoms with Gasteiger partial charge in [-0.05, 0) is 18.2 Å². The van der Waals surface area contributed by atoms with Gasteiger partial charge in [-0.3, -0.25) is 4.79 Å². The monoisotopic (exact) mass is 212 g/mol. The number of carboxylic acids is 1. The van der Waals surface area contributed by atoms with Crippen LogP contribution >= 0.6 is 11.6 Å². The van der Waals surface area contributed by atoms with E-state index in [1.54, 1.807) is 0 Å². The predicted molar refractivity (Wildman–Crippen MR) is 50.5 cm³/mol. The summed E-state index contributed by atoms with van der Waals surface area (Å²) in [4.78, 5) is 10.1. The fourth-order valence-corrected chi connectivity index (χ4v) is 1.07. The molecule has 0 bridgehead atoms. The van der Waals surface area contributed by atoms with Gasteiger partial charge in [0, 0.05) is 10.6 Å². The zero-order chi connectivity index (χ0) is 10.6. The first-order chi connectivity index (χ1) is 6.58. The lowest BCUT2D eigenvalue weighted by atomic mass is 10.2. The minimum Gasteiger partial charge on any atom is -0.481 e. The highest BCUT2D eigenvalue weighted by molar-refractivity contribution is 6.30. The van der Waals surface area contributed by atoms with Crippen LogP contribution in [-0.2, 0) is 4.79 Å². The molecule has 0 spiro atoms. The van der Waals surface area contributed by atoms with E-state index in [4.69, 9.17) is 16.7 Å². The van der Waals surface area contributed by atoms with Gasteiger partial charge in [0.15, 0.2) is 0 Å². The Morgan fingerprint density at radius 2 is 2.21 bits per heavy atom. The summed E-state index contributed by atoms with van der Waals surface area (Å²) in [6.45, 7) is 0. The van der Waals surface area contributed by atoms with E-state index in [-0.39, 0.29) is 11.4 Å². The maximum atomic E-state index is 12.7. The second-order valence-corrected chi connectivity index (χ2v) is 2.97. The van der Waals surface area contributed by atoms with Crippen molar-refractivity contribution in [3.63, 3.8) is 0 Å². The Hall–Kier alpha value is -1.53. The van der Waals surface area contributed by atoms with Crippen LogP contribution in [0, 0.1) is 17.7 Å². The van der Waals surface area contributed by atoms with Crippen molar-refractivity contribution in [1.29, 1.82) is 0 Å². The van der Waals surface area contributed by atoms with Crippen LogP contribution in [0.15, 0.2) is 18.2 Å². The van der Waals surface area contributed by atoms with Crippen molar-refractivity contribution in [2.75, 3.05) is 0 Å². The molecule has 0 aliphatic rings. The summed E-state index contributed by atoms with van der Waals surface area (Å²) in [5.41, 5.74) is 0.372. The molecule has 72 valence electrons. The number of aliphatic carboxylic acids is 1. The Labute approximate surface area is 85.3 Å². The van der Waals surface area contributed by atoms with Crippen molar-refractivity contribution < 1.29 is 14.3 Å². The maximum Gasteiger partial charge on any atom is 0.315 e. The smallest absolute Gasteiger partial charge is 0.315 e. The number of rotatable bonds is 1. The SMILES string of the molecule is O=C(O)CC#Cc1cc(F)cc(Cl)c1. The van der Waals surface area contributed by atoms with E-state index in [2.05, 4.69) is 11.8 Å². The number of hydrogen-bond donors (Lipinski definition) is 1. The van der Waals surface area contributed by atoms with Crippen molar-refractivity contribution in [3.05, 3.63) is 34.6 Å². The summed E-state index contributed by atoms with van der Waals surface area (Å²) in [6, 6.07) is 3.82. The Morgan fingerprint density at radius 1 is 1.50 bits per heavy atom. The van der Waals surface area contributed by atoms with Crippen LogP contribution in [0.25, 0.3) is 0 Å². The third-order valence-corrected chi connectivity index (χ3v) is 1.55. The van der Waals surface area contributed by atoms with Crippen LogP contribution in [0.3, 0.4) is 0 Å². The van der Waals surface area contributed by atoms with Gasteiger partial charge in [-0.15, -0.1) is 0 Å². The zero-order valence-corrected chi connectivity index (χ0v) is 7.81. The number of hydrogen-bond acceptors (Lipinski definition) is 1. The zero-order valence-electron chi connectivity index (χ0n) is 7.05. The molecule has 1 rings (SSSR count). The third kappa shape index (κ3) is 3.46. The van der Waals surface area contributed by atoms with E-state index in [1.165, 1.54) is 12.1 Å². The van der Waals surface area contributed by atoms with Crippen molar-refractivity contribution in [3.8, 4) is 11.8 Å². The van der Waals surface area contributed by atoms with Gasteiger partial charge >= 0.3 is 5.97 Å². The van der Waals surface area contributed by atoms with Gasteiger partial charge in [0.25, 0.3) is 0 Å². The van der Waals surface area contributed by atoms with Crippen LogP contribution in [0.4, 0.5) is 4.39 Å². The van der Waals surface area contributed by atoms with Crippen LogP contribution < -0.4 is 0 Å². The summed E-state index contributed by atoms with van der Waals surface area (Å²) >= 11 is 5.57. The standard InChI is InChI=1S/C10H6ClFO2/c11-8-4-7(5-9(12)6-8)2-1-3-10(13)14/h4-6H,3H2,(H,13,14). The second-order valence-electron chi connectivity index (χ2n) is 2.53. The lowest BCUT2D eigenvalue weighted by Gasteiger charge is -1.92. The highest BCUT2D eigenvalue weighted by atomic mass is 35.5. The first-order valence-electron chi connectivity index (χ1n) is 3.74. The van der Waals surface area contributed by atoms with Gasteiger partial charge in [-0.1, -0.05) is 23.4 Å². The van der Waals surface area contributed by atoms with Crippen molar-refractivity contribution >= 4 is 17.6 Å². The van der Waals surface area contributed by atoms with Crippen LogP contribution in [0.2, 0.25) is 5.02 Å². The Kier molecular flexibility index (Phi) is 3.49. The summed E-state index contributed by atoms with van der Waals surface area (Å²) in [5, 5.41) is 8.54. The topological polar surface area (TPSA) is 37.3 Å². The molecule has 0 aromatic heterocycles. The fourth-order valence-electron chi connectivity index (χ4n) is 0.848. The molecule has 2 nitrogen and oxygen atoms in total. The van der Waals surface area contributed by atoms with Gasteiger partial charge in [0.2, 0.25) is 0 Å². The fraction of sp³-hybridized carbons (Fsp3) is 0.100. The Balaban J connectivity index is 2.84. The number of halogens is 2. The highest BCUT2D eigenvalue weighted by Gasteiger charge is 1.96. The summed E-state index contributed by atoms with van der Waals surface area (Å²) < 4.78 is 12.7. The summed E-state index contributed by atoms with van der Waals surface area (Å²) in [7, 11) is 0. The number of benzene rings is 1. The predicted octanol–water partition coefficient (Wildman–Crippen LogP) is 2.31. The van der Waals surface area contributed by atoms with E-state index in [1.807, 2.05) is 0 Å². The first-order valence-corrected chi connectivity index (χ1v) is 4.12. The van der Waals surface area contributed by atoms with E-state index in [0.717, 1.165) is 6.07 Å². The number of carboxylic acid groups (broad SMARTS) is 1. The Morgan fingerprint density at radius 3 is 2.79 bits per heavy atom. The van der Waals surface area contributed by atoms with Crippen LogP contribution in [-0.4, -0.2) is 11.1 Å². The van der Waals surface area contributed by atoms with Gasteiger partial charge in [0.1, 0.15) is 12.2 Å². The molecule has 0 saturated heterocycles. The summed E-state index contributed by atoms with van der Waals surface area (Å²) in [6.07, 6.45) is -0.270. The molecular weight excluding hydrogens is 207 g/mol. The molecule has 1 aromatic carbocycles. The van der Waals surface area contributed by atoms with E-state index >= 15 is 0 Å². The molecule has 0 heterocycles. The van der Waals surface area contributed by atoms with Gasteiger partial charge in [0.05, 0.1) is 0 Å². The molecule has 0 aliphatic heterocycles. The largest absolute Gasteiger partial charge is 0.481 e. The molecule has 0 atom stereocenters. The van der Waals surface area contributed by atoms with E-state index in [0.29, 0.717) is 5.56 Å². The maximum absolute atomic E-state index is 12.7. The van der Waals surface area contributed by atoms with Gasteiger partial charge < -0.3 is 5.11 Å². The quantitative estimate of drug-likeness (QED) is 0.726.